The highest BCUT2D eigenvalue weighted by atomic mass is 16.5. The SMILES string of the molecule is CC.CCNc1ncc2c(n1)N(C)CCN(c1cccc(CCCNN3CCN(c4cccc(OCCNC)c4)C(=O)c4cnc(NCC)nc43)c1)C2=O. The molecule has 15 nitrogen and oxygen atoms in total. The van der Waals surface area contributed by atoms with Gasteiger partial charge in [-0.2, -0.15) is 9.97 Å². The van der Waals surface area contributed by atoms with Crippen molar-refractivity contribution in [3.63, 3.8) is 0 Å². The van der Waals surface area contributed by atoms with Crippen molar-refractivity contribution >= 4 is 46.7 Å². The molecule has 15 heteroatoms. The molecule has 54 heavy (non-hydrogen) atoms. The largest absolute Gasteiger partial charge is 0.492 e. The molecule has 0 aliphatic carbocycles. The maximum atomic E-state index is 14.0. The summed E-state index contributed by atoms with van der Waals surface area (Å²) in [6.07, 6.45) is 4.81. The third kappa shape index (κ3) is 9.51. The van der Waals surface area contributed by atoms with Crippen molar-refractivity contribution in [2.75, 3.05) is 103 Å². The van der Waals surface area contributed by atoms with Gasteiger partial charge in [0.1, 0.15) is 29.3 Å². The number of rotatable bonds is 15. The minimum absolute atomic E-state index is 0.114. The highest BCUT2D eigenvalue weighted by Crippen LogP contribution is 2.29. The van der Waals surface area contributed by atoms with Crippen LogP contribution in [0.1, 0.15) is 60.4 Å². The van der Waals surface area contributed by atoms with Crippen LogP contribution < -0.4 is 45.8 Å². The molecule has 2 aliphatic heterocycles. The van der Waals surface area contributed by atoms with Crippen LogP contribution in [0.15, 0.2) is 60.9 Å². The molecular weight excluding hydrogens is 685 g/mol. The van der Waals surface area contributed by atoms with E-state index in [1.165, 1.54) is 0 Å². The Hall–Kier alpha value is -5.54. The number of nitrogens with zero attached hydrogens (tertiary/aromatic N) is 8. The van der Waals surface area contributed by atoms with Crippen molar-refractivity contribution in [3.05, 3.63) is 77.6 Å². The van der Waals surface area contributed by atoms with Crippen molar-refractivity contribution < 1.29 is 14.3 Å². The van der Waals surface area contributed by atoms with E-state index in [-0.39, 0.29) is 11.8 Å². The van der Waals surface area contributed by atoms with Crippen LogP contribution in [0.3, 0.4) is 0 Å². The van der Waals surface area contributed by atoms with E-state index in [1.54, 1.807) is 17.3 Å². The number of hydrazine groups is 1. The molecule has 0 radical (unpaired) electrons. The molecule has 0 spiro atoms. The van der Waals surface area contributed by atoms with Crippen LogP contribution in [0.5, 0.6) is 5.75 Å². The number of carbonyl (C=O) groups excluding carboxylic acids is 2. The third-order valence-electron chi connectivity index (χ3n) is 8.90. The van der Waals surface area contributed by atoms with Gasteiger partial charge in [-0.3, -0.25) is 14.6 Å². The molecule has 288 valence electrons. The summed E-state index contributed by atoms with van der Waals surface area (Å²) >= 11 is 0. The summed E-state index contributed by atoms with van der Waals surface area (Å²) in [6.45, 7) is 13.3. The highest BCUT2D eigenvalue weighted by Gasteiger charge is 2.31. The number of aryl methyl sites for hydroxylation is 1. The minimum Gasteiger partial charge on any atom is -0.492 e. The van der Waals surface area contributed by atoms with Gasteiger partial charge in [0.25, 0.3) is 11.8 Å². The Morgan fingerprint density at radius 2 is 1.37 bits per heavy atom. The number of amides is 2. The number of hydrogen-bond acceptors (Lipinski definition) is 13. The summed E-state index contributed by atoms with van der Waals surface area (Å²) in [7, 11) is 3.83. The number of hydrogen-bond donors (Lipinski definition) is 4. The molecule has 0 atom stereocenters. The lowest BCUT2D eigenvalue weighted by molar-refractivity contribution is 0.0981. The molecule has 2 amide bonds. The van der Waals surface area contributed by atoms with E-state index in [2.05, 4.69) is 48.5 Å². The average molecular weight is 739 g/mol. The van der Waals surface area contributed by atoms with Crippen molar-refractivity contribution in [2.45, 2.75) is 40.5 Å². The number of benzene rings is 2. The standard InChI is InChI=1S/C37H48N12O3.C2H6/c1-5-39-36-41-24-30-32(44-36)46(4)17-18-47(34(30)50)27-12-7-10-26(22-27)11-9-15-43-49-20-19-48(28-13-8-14-29(23-28)52-21-16-38-3)35(51)31-25-42-37(40-6-2)45-33(31)49;1-2/h7-8,10,12-14,22-25,38,43H,5-6,9,11,15-21H2,1-4H3,(H,39,41,44)(H,40,42,45);1-2H3. The van der Waals surface area contributed by atoms with Crippen molar-refractivity contribution in [1.29, 1.82) is 0 Å². The Labute approximate surface area is 318 Å². The maximum absolute atomic E-state index is 14.0. The van der Waals surface area contributed by atoms with Gasteiger partial charge in [-0.15, -0.1) is 0 Å². The molecular formula is C39H54N12O3. The predicted octanol–water partition coefficient (Wildman–Crippen LogP) is 4.46. The summed E-state index contributed by atoms with van der Waals surface area (Å²) in [5.41, 5.74) is 7.15. The van der Waals surface area contributed by atoms with Crippen LogP contribution in [0.4, 0.5) is 34.9 Å². The highest BCUT2D eigenvalue weighted by molar-refractivity contribution is 6.10. The lowest BCUT2D eigenvalue weighted by atomic mass is 10.1. The molecule has 4 heterocycles. The summed E-state index contributed by atoms with van der Waals surface area (Å²) < 4.78 is 5.88. The smallest absolute Gasteiger partial charge is 0.263 e. The van der Waals surface area contributed by atoms with Gasteiger partial charge in [-0.1, -0.05) is 32.0 Å². The average Bonchev–Trinajstić information content (AvgIpc) is 3.41. The number of ether oxygens (including phenoxy) is 1. The van der Waals surface area contributed by atoms with Gasteiger partial charge in [-0.05, 0) is 63.6 Å². The van der Waals surface area contributed by atoms with Gasteiger partial charge in [0.05, 0.1) is 6.54 Å². The molecule has 0 fully saturated rings. The molecule has 2 aromatic heterocycles. The number of nitrogens with one attached hydrogen (secondary N) is 4. The van der Waals surface area contributed by atoms with Crippen molar-refractivity contribution in [2.24, 2.45) is 0 Å². The third-order valence-corrected chi connectivity index (χ3v) is 8.90. The monoisotopic (exact) mass is 738 g/mol. The molecule has 4 aromatic rings. The second kappa shape index (κ2) is 19.5. The second-order valence-corrected chi connectivity index (χ2v) is 12.5. The first kappa shape index (κ1) is 39.7. The molecule has 0 bridgehead atoms. The van der Waals surface area contributed by atoms with Crippen LogP contribution in [0.2, 0.25) is 0 Å². The summed E-state index contributed by atoms with van der Waals surface area (Å²) in [4.78, 5) is 51.4. The molecule has 0 saturated carbocycles. The van der Waals surface area contributed by atoms with Gasteiger partial charge >= 0.3 is 0 Å². The fourth-order valence-electron chi connectivity index (χ4n) is 6.23. The lowest BCUT2D eigenvalue weighted by Crippen LogP contribution is -2.43. The first-order valence-electron chi connectivity index (χ1n) is 18.9. The van der Waals surface area contributed by atoms with Crippen LogP contribution in [0.25, 0.3) is 0 Å². The van der Waals surface area contributed by atoms with Crippen molar-refractivity contribution in [3.8, 4) is 5.75 Å². The first-order valence-corrected chi connectivity index (χ1v) is 18.9. The Kier molecular flexibility index (Phi) is 14.3. The van der Waals surface area contributed by atoms with E-state index in [4.69, 9.17) is 9.72 Å². The van der Waals surface area contributed by atoms with E-state index in [1.807, 2.05) is 93.0 Å². The molecule has 6 rings (SSSR count). The normalized spacial score (nSPS) is 14.0. The number of likely N-dealkylation sites (N-methyl/N-ethyl adjacent to an activating group) is 2. The summed E-state index contributed by atoms with van der Waals surface area (Å²) in [5, 5.41) is 11.3. The van der Waals surface area contributed by atoms with Crippen LogP contribution in [0, 0.1) is 0 Å². The van der Waals surface area contributed by atoms with Gasteiger partial charge < -0.3 is 35.4 Å². The maximum Gasteiger partial charge on any atom is 0.263 e. The molecule has 0 saturated heterocycles. The van der Waals surface area contributed by atoms with E-state index in [0.717, 1.165) is 36.3 Å². The first-order chi connectivity index (χ1) is 26.4. The van der Waals surface area contributed by atoms with Crippen molar-refractivity contribution in [1.82, 2.24) is 30.7 Å². The Balaban J connectivity index is 0.00000276. The number of anilines is 6. The molecule has 2 aliphatic rings. The van der Waals surface area contributed by atoms with E-state index >= 15 is 0 Å². The van der Waals surface area contributed by atoms with E-state index < -0.39 is 0 Å². The predicted molar refractivity (Wildman–Crippen MR) is 216 cm³/mol. The number of fused-ring (bicyclic) bond motifs is 2. The zero-order valence-corrected chi connectivity index (χ0v) is 32.4. The van der Waals surface area contributed by atoms with Crippen LogP contribution in [-0.4, -0.2) is 105 Å². The number of aromatic nitrogens is 4. The second-order valence-electron chi connectivity index (χ2n) is 12.5. The Morgan fingerprint density at radius 1 is 0.759 bits per heavy atom. The quantitative estimate of drug-likeness (QED) is 0.127. The zero-order chi connectivity index (χ0) is 38.5. The van der Waals surface area contributed by atoms with Gasteiger partial charge in [0.2, 0.25) is 11.9 Å². The Bertz CT molecular complexity index is 1860. The van der Waals surface area contributed by atoms with Gasteiger partial charge in [0.15, 0.2) is 5.82 Å². The molecule has 4 N–H and O–H groups in total. The fourth-order valence-corrected chi connectivity index (χ4v) is 6.23. The zero-order valence-electron chi connectivity index (χ0n) is 32.4. The van der Waals surface area contributed by atoms with Crippen LogP contribution in [-0.2, 0) is 6.42 Å². The summed E-state index contributed by atoms with van der Waals surface area (Å²) in [6, 6.07) is 15.7. The number of carbonyl (C=O) groups is 2. The van der Waals surface area contributed by atoms with Gasteiger partial charge in [-0.25, -0.2) is 15.4 Å². The van der Waals surface area contributed by atoms with E-state index in [0.29, 0.717) is 92.8 Å². The van der Waals surface area contributed by atoms with E-state index in [9.17, 15) is 9.59 Å². The Morgan fingerprint density at radius 3 is 2.04 bits per heavy atom. The molecule has 2 aromatic carbocycles. The molecule has 0 unspecified atom stereocenters. The van der Waals surface area contributed by atoms with Gasteiger partial charge in [0, 0.05) is 82.7 Å². The topological polar surface area (TPSA) is 156 Å². The fraction of sp³-hybridized carbons (Fsp3) is 0.436. The lowest BCUT2D eigenvalue weighted by Gasteiger charge is -2.25. The van der Waals surface area contributed by atoms with Crippen LogP contribution >= 0.6 is 0 Å². The summed E-state index contributed by atoms with van der Waals surface area (Å²) in [5.74, 6) is 2.56. The minimum atomic E-state index is -0.173.